The molecule has 1 aromatic heterocycles. The molecule has 0 fully saturated rings. The fourth-order valence-corrected chi connectivity index (χ4v) is 4.83. The Morgan fingerprint density at radius 3 is 2.67 bits per heavy atom. The van der Waals surface area contributed by atoms with Gasteiger partial charge in [0.05, 0.1) is 15.1 Å². The average molecular weight is 493 g/mol. The van der Waals surface area contributed by atoms with E-state index < -0.39 is 0 Å². The zero-order chi connectivity index (χ0) is 19.0. The molecule has 1 N–H and O–H groups in total. The topological polar surface area (TPSA) is 68.1 Å². The first-order valence-electron chi connectivity index (χ1n) is 8.95. The van der Waals surface area contributed by atoms with Gasteiger partial charge in [-0.3, -0.25) is 0 Å². The molecule has 0 saturated heterocycles. The average Bonchev–Trinajstić information content (AvgIpc) is 3.17. The van der Waals surface area contributed by atoms with Crippen LogP contribution in [0.1, 0.15) is 38.4 Å². The lowest BCUT2D eigenvalue weighted by atomic mass is 9.89. The summed E-state index contributed by atoms with van der Waals surface area (Å²) >= 11 is 6.65. The van der Waals surface area contributed by atoms with Crippen molar-refractivity contribution < 1.29 is 9.84 Å². The summed E-state index contributed by atoms with van der Waals surface area (Å²) < 4.78 is 7.19. The number of rotatable bonds is 4. The first-order valence-corrected chi connectivity index (χ1v) is 10.5. The minimum absolute atomic E-state index is 0.153. The van der Waals surface area contributed by atoms with Crippen LogP contribution in [0.5, 0.6) is 5.75 Å². The highest BCUT2D eigenvalue weighted by Crippen LogP contribution is 2.41. The van der Waals surface area contributed by atoms with Crippen LogP contribution >= 0.6 is 31.9 Å². The summed E-state index contributed by atoms with van der Waals surface area (Å²) in [6.45, 7) is 2.60. The molecule has 1 heterocycles. The second-order valence-corrected chi connectivity index (χ2v) is 8.61. The molecule has 1 unspecified atom stereocenters. The quantitative estimate of drug-likeness (QED) is 0.593. The number of hydrogen-bond acceptors (Lipinski definition) is 5. The molecule has 0 saturated carbocycles. The molecule has 0 amide bonds. The minimum atomic E-state index is 0.153. The van der Waals surface area contributed by atoms with Crippen LogP contribution in [0.15, 0.2) is 50.3 Å². The monoisotopic (exact) mass is 491 g/mol. The van der Waals surface area contributed by atoms with Crippen molar-refractivity contribution >= 4 is 31.9 Å². The maximum absolute atomic E-state index is 9.83. The van der Waals surface area contributed by atoms with E-state index in [-0.39, 0.29) is 5.75 Å². The summed E-state index contributed by atoms with van der Waals surface area (Å²) in [4.78, 5) is 4.39. The van der Waals surface area contributed by atoms with Crippen molar-refractivity contribution in [3.05, 3.63) is 56.1 Å². The highest BCUT2D eigenvalue weighted by atomic mass is 79.9. The van der Waals surface area contributed by atoms with E-state index in [0.29, 0.717) is 33.0 Å². The van der Waals surface area contributed by atoms with E-state index in [1.165, 1.54) is 18.4 Å². The maximum atomic E-state index is 9.83. The maximum Gasteiger partial charge on any atom is 0.188 e. The number of phenols is 1. The third-order valence-electron chi connectivity index (χ3n) is 5.09. The summed E-state index contributed by atoms with van der Waals surface area (Å²) in [5.41, 5.74) is 4.39. The number of ether oxygens (including phenoxy) is 1. The van der Waals surface area contributed by atoms with Crippen molar-refractivity contribution in [3.63, 3.8) is 0 Å². The van der Waals surface area contributed by atoms with E-state index in [4.69, 9.17) is 4.74 Å². The Morgan fingerprint density at radius 1 is 1.19 bits per heavy atom. The number of aromatic nitrogens is 3. The van der Waals surface area contributed by atoms with Gasteiger partial charge in [-0.1, -0.05) is 12.5 Å². The number of benzene rings is 1. The third-order valence-corrected chi connectivity index (χ3v) is 6.30. The predicted molar refractivity (Wildman–Crippen MR) is 110 cm³/mol. The molecule has 2 aromatic rings. The number of nitrogens with zero attached hydrogens (tertiary/aromatic N) is 3. The fourth-order valence-electron chi connectivity index (χ4n) is 3.64. The molecule has 1 aromatic carbocycles. The number of halogens is 2. The Morgan fingerprint density at radius 2 is 1.96 bits per heavy atom. The third kappa shape index (κ3) is 3.80. The molecule has 2 aliphatic rings. The number of aromatic hydroxyl groups is 1. The number of allylic oxidation sites excluding steroid dienone is 3. The van der Waals surface area contributed by atoms with Crippen molar-refractivity contribution in [2.24, 2.45) is 5.92 Å². The first-order chi connectivity index (χ1) is 13.0. The summed E-state index contributed by atoms with van der Waals surface area (Å²) in [5, 5.41) is 18.3. The molecule has 0 aliphatic heterocycles. The largest absolute Gasteiger partial charge is 0.506 e. The van der Waals surface area contributed by atoms with Gasteiger partial charge in [-0.25, -0.2) is 4.98 Å². The Hall–Kier alpha value is -1.73. The van der Waals surface area contributed by atoms with Crippen molar-refractivity contribution in [1.82, 2.24) is 15.2 Å². The van der Waals surface area contributed by atoms with E-state index >= 15 is 0 Å². The Balaban J connectivity index is 1.46. The van der Waals surface area contributed by atoms with Crippen molar-refractivity contribution in [3.8, 4) is 17.0 Å². The minimum Gasteiger partial charge on any atom is -0.506 e. The van der Waals surface area contributed by atoms with Crippen LogP contribution in [0, 0.1) is 5.92 Å². The van der Waals surface area contributed by atoms with E-state index in [1.54, 1.807) is 23.9 Å². The van der Waals surface area contributed by atoms with Crippen LogP contribution in [-0.4, -0.2) is 20.3 Å². The number of phenolic OH excluding ortho intramolecular Hbond substituents is 1. The molecule has 27 heavy (non-hydrogen) atoms. The first kappa shape index (κ1) is 18.6. The van der Waals surface area contributed by atoms with Crippen LogP contribution in [0.25, 0.3) is 11.3 Å². The van der Waals surface area contributed by atoms with Crippen LogP contribution in [0.2, 0.25) is 0 Å². The highest BCUT2D eigenvalue weighted by Gasteiger charge is 2.26. The molecule has 1 atom stereocenters. The smallest absolute Gasteiger partial charge is 0.188 e. The van der Waals surface area contributed by atoms with Gasteiger partial charge >= 0.3 is 0 Å². The van der Waals surface area contributed by atoms with E-state index in [1.807, 2.05) is 0 Å². The summed E-state index contributed by atoms with van der Waals surface area (Å²) in [6, 6.07) is 3.56. The Labute approximate surface area is 174 Å². The molecule has 7 heteroatoms. The molecule has 4 rings (SSSR count). The standard InChI is InChI=1S/C20H19Br2N3O2/c1-11-5-6-18(14-4-2-3-13(11)14)27-10-19-23-9-17(24-25-19)12-7-15(21)20(26)16(22)8-12/h6-9,11,26H,2-5,10H2,1H3. The number of hydrogen-bond donors (Lipinski definition) is 1. The van der Waals surface area contributed by atoms with Crippen LogP contribution in [-0.2, 0) is 11.3 Å². The van der Waals surface area contributed by atoms with Gasteiger partial charge in [0.2, 0.25) is 0 Å². The van der Waals surface area contributed by atoms with Crippen molar-refractivity contribution in [2.75, 3.05) is 0 Å². The Kier molecular flexibility index (Phi) is 5.32. The van der Waals surface area contributed by atoms with Gasteiger partial charge in [0, 0.05) is 5.56 Å². The van der Waals surface area contributed by atoms with Crippen molar-refractivity contribution in [1.29, 1.82) is 0 Å². The van der Waals surface area contributed by atoms with Crippen LogP contribution in [0.3, 0.4) is 0 Å². The molecular weight excluding hydrogens is 474 g/mol. The lowest BCUT2D eigenvalue weighted by Gasteiger charge is -2.22. The molecular formula is C20H19Br2N3O2. The summed E-state index contributed by atoms with van der Waals surface area (Å²) in [7, 11) is 0. The van der Waals surface area contributed by atoms with Gasteiger partial charge in [-0.05, 0) is 87.2 Å². The van der Waals surface area contributed by atoms with E-state index in [2.05, 4.69) is 60.0 Å². The predicted octanol–water partition coefficient (Wildman–Crippen LogP) is 5.69. The summed E-state index contributed by atoms with van der Waals surface area (Å²) in [6.07, 6.45) is 8.43. The molecule has 0 bridgehead atoms. The molecule has 2 aliphatic carbocycles. The molecule has 0 spiro atoms. The van der Waals surface area contributed by atoms with Gasteiger partial charge in [0.1, 0.15) is 23.8 Å². The summed E-state index contributed by atoms with van der Waals surface area (Å²) in [5.74, 6) is 2.34. The van der Waals surface area contributed by atoms with Gasteiger partial charge < -0.3 is 9.84 Å². The molecule has 5 nitrogen and oxygen atoms in total. The normalized spacial score (nSPS) is 19.1. The lowest BCUT2D eigenvalue weighted by molar-refractivity contribution is 0.193. The zero-order valence-corrected chi connectivity index (χ0v) is 18.0. The zero-order valence-electron chi connectivity index (χ0n) is 14.9. The highest BCUT2D eigenvalue weighted by molar-refractivity contribution is 9.11. The van der Waals surface area contributed by atoms with Gasteiger partial charge in [-0.15, -0.1) is 10.2 Å². The SMILES string of the molecule is CC1CC=C(OCc2ncc(-c3cc(Br)c(O)c(Br)c3)nn2)C2=C1CCC2. The van der Waals surface area contributed by atoms with E-state index in [9.17, 15) is 5.11 Å². The molecule has 140 valence electrons. The van der Waals surface area contributed by atoms with E-state index in [0.717, 1.165) is 24.2 Å². The second kappa shape index (κ2) is 7.72. The second-order valence-electron chi connectivity index (χ2n) is 6.90. The van der Waals surface area contributed by atoms with Gasteiger partial charge in [0.15, 0.2) is 5.82 Å². The van der Waals surface area contributed by atoms with Crippen LogP contribution in [0.4, 0.5) is 0 Å². The Bertz CT molecular complexity index is 916. The lowest BCUT2D eigenvalue weighted by Crippen LogP contribution is -2.09. The molecule has 0 radical (unpaired) electrons. The van der Waals surface area contributed by atoms with Crippen molar-refractivity contribution in [2.45, 2.75) is 39.2 Å². The van der Waals surface area contributed by atoms with Crippen LogP contribution < -0.4 is 0 Å². The van der Waals surface area contributed by atoms with Gasteiger partial charge in [0.25, 0.3) is 0 Å². The fraction of sp³-hybridized carbons (Fsp3) is 0.350. The van der Waals surface area contributed by atoms with Gasteiger partial charge in [-0.2, -0.15) is 0 Å².